The fraction of sp³-hybridized carbons (Fsp3) is 0.0667. The number of carbonyl (C=O) groups is 1. The van der Waals surface area contributed by atoms with Crippen molar-refractivity contribution in [2.24, 2.45) is 7.05 Å². The smallest absolute Gasteiger partial charge is 0.276 e. The van der Waals surface area contributed by atoms with E-state index in [-0.39, 0.29) is 22.1 Å². The standard InChI is InChI=1S/C15H11ClN6O/c1-21-13(12(16)9-18-21)15(23)20-14-10(7-17)8-19-22(14)11-5-3-2-4-6-11/h2-6,8-9H,1H3,(H,20,23). The van der Waals surface area contributed by atoms with Crippen LogP contribution in [-0.2, 0) is 7.05 Å². The molecule has 0 unspecified atom stereocenters. The molecule has 7 nitrogen and oxygen atoms in total. The highest BCUT2D eigenvalue weighted by molar-refractivity contribution is 6.34. The molecule has 0 bridgehead atoms. The maximum atomic E-state index is 12.5. The van der Waals surface area contributed by atoms with E-state index in [2.05, 4.69) is 15.5 Å². The molecular formula is C15H11ClN6O. The molecule has 0 aliphatic carbocycles. The lowest BCUT2D eigenvalue weighted by atomic mass is 10.3. The van der Waals surface area contributed by atoms with E-state index in [9.17, 15) is 10.1 Å². The third-order valence-electron chi connectivity index (χ3n) is 3.23. The highest BCUT2D eigenvalue weighted by atomic mass is 35.5. The minimum atomic E-state index is -0.468. The number of nitriles is 1. The molecule has 114 valence electrons. The van der Waals surface area contributed by atoms with Gasteiger partial charge >= 0.3 is 0 Å². The van der Waals surface area contributed by atoms with Crippen molar-refractivity contribution in [3.8, 4) is 11.8 Å². The van der Waals surface area contributed by atoms with Crippen molar-refractivity contribution in [2.45, 2.75) is 0 Å². The van der Waals surface area contributed by atoms with Gasteiger partial charge < -0.3 is 5.32 Å². The van der Waals surface area contributed by atoms with Crippen LogP contribution in [0.3, 0.4) is 0 Å². The first-order valence-electron chi connectivity index (χ1n) is 6.64. The van der Waals surface area contributed by atoms with Gasteiger partial charge in [-0.15, -0.1) is 0 Å². The Morgan fingerprint density at radius 3 is 2.61 bits per heavy atom. The molecule has 0 spiro atoms. The molecule has 1 N–H and O–H groups in total. The number of carbonyl (C=O) groups excluding carboxylic acids is 1. The highest BCUT2D eigenvalue weighted by Gasteiger charge is 2.20. The SMILES string of the molecule is Cn1ncc(Cl)c1C(=O)Nc1c(C#N)cnn1-c1ccccc1. The molecule has 0 aliphatic rings. The van der Waals surface area contributed by atoms with E-state index in [0.29, 0.717) is 0 Å². The van der Waals surface area contributed by atoms with Gasteiger partial charge in [0.05, 0.1) is 23.1 Å². The number of para-hydroxylation sites is 1. The molecule has 1 aromatic carbocycles. The third kappa shape index (κ3) is 2.67. The Hall–Kier alpha value is -3.11. The van der Waals surface area contributed by atoms with E-state index in [0.717, 1.165) is 5.69 Å². The molecule has 0 radical (unpaired) electrons. The summed E-state index contributed by atoms with van der Waals surface area (Å²) >= 11 is 5.98. The number of halogens is 1. The highest BCUT2D eigenvalue weighted by Crippen LogP contribution is 2.22. The van der Waals surface area contributed by atoms with Crippen LogP contribution in [0.5, 0.6) is 0 Å². The number of rotatable bonds is 3. The fourth-order valence-electron chi connectivity index (χ4n) is 2.15. The molecule has 23 heavy (non-hydrogen) atoms. The van der Waals surface area contributed by atoms with Gasteiger partial charge in [0.25, 0.3) is 5.91 Å². The minimum Gasteiger partial charge on any atom is -0.304 e. The molecular weight excluding hydrogens is 316 g/mol. The second-order valence-corrected chi connectivity index (χ2v) is 5.09. The van der Waals surface area contributed by atoms with Crippen LogP contribution in [0, 0.1) is 11.3 Å². The van der Waals surface area contributed by atoms with E-state index in [1.807, 2.05) is 36.4 Å². The zero-order valence-electron chi connectivity index (χ0n) is 12.1. The number of nitrogens with one attached hydrogen (secondary N) is 1. The lowest BCUT2D eigenvalue weighted by Crippen LogP contribution is -2.19. The molecule has 3 aromatic rings. The molecule has 8 heteroatoms. The average molecular weight is 327 g/mol. The zero-order chi connectivity index (χ0) is 16.4. The lowest BCUT2D eigenvalue weighted by molar-refractivity contribution is 0.101. The van der Waals surface area contributed by atoms with Crippen molar-refractivity contribution in [1.29, 1.82) is 5.26 Å². The van der Waals surface area contributed by atoms with Crippen molar-refractivity contribution < 1.29 is 4.79 Å². The van der Waals surface area contributed by atoms with Crippen LogP contribution in [-0.4, -0.2) is 25.5 Å². The second-order valence-electron chi connectivity index (χ2n) is 4.68. The van der Waals surface area contributed by atoms with Crippen LogP contribution in [0.1, 0.15) is 16.1 Å². The Labute approximate surface area is 136 Å². The first kappa shape index (κ1) is 14.8. The molecule has 0 saturated carbocycles. The molecule has 0 fully saturated rings. The largest absolute Gasteiger partial charge is 0.304 e. The summed E-state index contributed by atoms with van der Waals surface area (Å²) in [6, 6.07) is 11.2. The predicted molar refractivity (Wildman–Crippen MR) is 84.5 cm³/mol. The van der Waals surface area contributed by atoms with Crippen LogP contribution in [0.2, 0.25) is 5.02 Å². The number of aromatic nitrogens is 4. The van der Waals surface area contributed by atoms with Gasteiger partial charge in [0.1, 0.15) is 17.3 Å². The van der Waals surface area contributed by atoms with E-state index < -0.39 is 5.91 Å². The number of amides is 1. The first-order chi connectivity index (χ1) is 11.1. The molecule has 0 atom stereocenters. The van der Waals surface area contributed by atoms with Gasteiger partial charge in [0.2, 0.25) is 0 Å². The Balaban J connectivity index is 2.02. The topological polar surface area (TPSA) is 88.5 Å². The van der Waals surface area contributed by atoms with E-state index in [1.54, 1.807) is 7.05 Å². The monoisotopic (exact) mass is 326 g/mol. The van der Waals surface area contributed by atoms with Crippen molar-refractivity contribution >= 4 is 23.3 Å². The average Bonchev–Trinajstić information content (AvgIpc) is 3.11. The summed E-state index contributed by atoms with van der Waals surface area (Å²) in [5.41, 5.74) is 1.18. The van der Waals surface area contributed by atoms with Crippen molar-refractivity contribution in [2.75, 3.05) is 5.32 Å². The van der Waals surface area contributed by atoms with E-state index >= 15 is 0 Å². The number of nitrogens with zero attached hydrogens (tertiary/aromatic N) is 5. The van der Waals surface area contributed by atoms with Crippen LogP contribution >= 0.6 is 11.6 Å². The molecule has 1 amide bonds. The number of hydrogen-bond acceptors (Lipinski definition) is 4. The van der Waals surface area contributed by atoms with Crippen LogP contribution in [0.25, 0.3) is 5.69 Å². The number of anilines is 1. The van der Waals surface area contributed by atoms with Gasteiger partial charge in [-0.3, -0.25) is 9.48 Å². The summed E-state index contributed by atoms with van der Waals surface area (Å²) in [5.74, 6) is -0.190. The maximum Gasteiger partial charge on any atom is 0.276 e. The Morgan fingerprint density at radius 2 is 2.00 bits per heavy atom. The second kappa shape index (κ2) is 5.94. The number of benzene rings is 1. The molecule has 2 heterocycles. The lowest BCUT2D eigenvalue weighted by Gasteiger charge is -2.10. The van der Waals surface area contributed by atoms with Crippen LogP contribution < -0.4 is 5.32 Å². The summed E-state index contributed by atoms with van der Waals surface area (Å²) in [6.07, 6.45) is 2.78. The van der Waals surface area contributed by atoms with Crippen molar-refractivity contribution in [1.82, 2.24) is 19.6 Å². The number of hydrogen-bond donors (Lipinski definition) is 1. The summed E-state index contributed by atoms with van der Waals surface area (Å²) in [7, 11) is 1.61. The minimum absolute atomic E-state index is 0.205. The van der Waals surface area contributed by atoms with Gasteiger partial charge in [0, 0.05) is 7.05 Å². The fourth-order valence-corrected chi connectivity index (χ4v) is 2.40. The molecule has 0 aliphatic heterocycles. The molecule has 0 saturated heterocycles. The Kier molecular flexibility index (Phi) is 3.83. The zero-order valence-corrected chi connectivity index (χ0v) is 12.8. The van der Waals surface area contributed by atoms with Crippen LogP contribution in [0.15, 0.2) is 42.7 Å². The predicted octanol–water partition coefficient (Wildman–Crippen LogP) is 2.38. The van der Waals surface area contributed by atoms with E-state index in [4.69, 9.17) is 11.6 Å². The van der Waals surface area contributed by atoms with E-state index in [1.165, 1.54) is 21.8 Å². The Morgan fingerprint density at radius 1 is 1.26 bits per heavy atom. The summed E-state index contributed by atoms with van der Waals surface area (Å²) in [6.45, 7) is 0. The van der Waals surface area contributed by atoms with Gasteiger partial charge in [-0.25, -0.2) is 4.68 Å². The first-order valence-corrected chi connectivity index (χ1v) is 7.02. The van der Waals surface area contributed by atoms with Crippen molar-refractivity contribution in [3.05, 3.63) is 59.0 Å². The van der Waals surface area contributed by atoms with Gasteiger partial charge in [0.15, 0.2) is 5.82 Å². The van der Waals surface area contributed by atoms with Crippen molar-refractivity contribution in [3.63, 3.8) is 0 Å². The maximum absolute atomic E-state index is 12.5. The summed E-state index contributed by atoms with van der Waals surface area (Å²) < 4.78 is 2.85. The van der Waals surface area contributed by atoms with Crippen LogP contribution in [0.4, 0.5) is 5.82 Å². The quantitative estimate of drug-likeness (QED) is 0.800. The molecule has 3 rings (SSSR count). The summed E-state index contributed by atoms with van der Waals surface area (Å²) in [4.78, 5) is 12.5. The normalized spacial score (nSPS) is 10.3. The van der Waals surface area contributed by atoms with Gasteiger partial charge in [-0.2, -0.15) is 15.5 Å². The Bertz CT molecular complexity index is 886. The summed E-state index contributed by atoms with van der Waals surface area (Å²) in [5, 5.41) is 20.2. The number of aryl methyl sites for hydroxylation is 1. The van der Waals surface area contributed by atoms with Gasteiger partial charge in [-0.1, -0.05) is 29.8 Å². The third-order valence-corrected chi connectivity index (χ3v) is 3.51. The molecule has 2 aromatic heterocycles. The van der Waals surface area contributed by atoms with Gasteiger partial charge in [-0.05, 0) is 12.1 Å².